The van der Waals surface area contributed by atoms with Gasteiger partial charge < -0.3 is 10.1 Å². The fourth-order valence-electron chi connectivity index (χ4n) is 4.06. The molecule has 0 radical (unpaired) electrons. The van der Waals surface area contributed by atoms with Crippen molar-refractivity contribution in [3.8, 4) is 5.75 Å². The maximum atomic E-state index is 6.00. The van der Waals surface area contributed by atoms with E-state index < -0.39 is 0 Å². The van der Waals surface area contributed by atoms with Crippen molar-refractivity contribution in [2.75, 3.05) is 26.7 Å². The molecule has 1 aliphatic heterocycles. The van der Waals surface area contributed by atoms with E-state index in [1.54, 1.807) is 0 Å². The lowest BCUT2D eigenvalue weighted by Gasteiger charge is -2.23. The molecule has 1 aliphatic rings. The summed E-state index contributed by atoms with van der Waals surface area (Å²) in [5.74, 6) is 1.62. The SMILES string of the molecule is CN(Cc1ccc(OC[C@@H]2CCCNC2)cc1)Cc1cccc2ccccc12. The van der Waals surface area contributed by atoms with Crippen molar-refractivity contribution in [1.82, 2.24) is 10.2 Å². The van der Waals surface area contributed by atoms with E-state index in [1.165, 1.54) is 34.7 Å². The minimum Gasteiger partial charge on any atom is -0.493 e. The molecule has 3 aromatic rings. The normalized spacial score (nSPS) is 17.1. The van der Waals surface area contributed by atoms with Crippen LogP contribution in [-0.4, -0.2) is 31.6 Å². The Morgan fingerprint density at radius 3 is 2.61 bits per heavy atom. The summed E-state index contributed by atoms with van der Waals surface area (Å²) in [6.07, 6.45) is 2.53. The van der Waals surface area contributed by atoms with Gasteiger partial charge in [-0.2, -0.15) is 0 Å². The molecule has 0 bridgehead atoms. The standard InChI is InChI=1S/C25H30N2O/c1-27(18-23-9-4-8-22-7-2-3-10-25(22)23)17-20-11-13-24(14-12-20)28-19-21-6-5-15-26-16-21/h2-4,7-14,21,26H,5-6,15-19H2,1H3/t21-/m1/s1. The Morgan fingerprint density at radius 1 is 0.964 bits per heavy atom. The number of hydrogen-bond donors (Lipinski definition) is 1. The summed E-state index contributed by atoms with van der Waals surface area (Å²) in [4.78, 5) is 2.37. The van der Waals surface area contributed by atoms with Crippen molar-refractivity contribution in [1.29, 1.82) is 0 Å². The topological polar surface area (TPSA) is 24.5 Å². The van der Waals surface area contributed by atoms with Crippen molar-refractivity contribution in [2.24, 2.45) is 5.92 Å². The summed E-state index contributed by atoms with van der Waals surface area (Å²) in [6.45, 7) is 4.91. The Labute approximate surface area is 168 Å². The maximum Gasteiger partial charge on any atom is 0.119 e. The van der Waals surface area contributed by atoms with Crippen LogP contribution in [0.25, 0.3) is 10.8 Å². The van der Waals surface area contributed by atoms with Gasteiger partial charge in [-0.15, -0.1) is 0 Å². The van der Waals surface area contributed by atoms with Gasteiger partial charge in [-0.3, -0.25) is 4.90 Å². The minimum absolute atomic E-state index is 0.639. The Morgan fingerprint density at radius 2 is 1.79 bits per heavy atom. The predicted octanol–water partition coefficient (Wildman–Crippen LogP) is 4.85. The summed E-state index contributed by atoms with van der Waals surface area (Å²) in [5, 5.41) is 6.10. The largest absolute Gasteiger partial charge is 0.493 e. The number of nitrogens with one attached hydrogen (secondary N) is 1. The van der Waals surface area contributed by atoms with Crippen LogP contribution in [0, 0.1) is 5.92 Å². The molecule has 1 atom stereocenters. The lowest BCUT2D eigenvalue weighted by molar-refractivity contribution is 0.218. The Kier molecular flexibility index (Phi) is 6.25. The number of nitrogens with zero attached hydrogens (tertiary/aromatic N) is 1. The molecule has 1 N–H and O–H groups in total. The monoisotopic (exact) mass is 374 g/mol. The van der Waals surface area contributed by atoms with E-state index in [2.05, 4.69) is 84.0 Å². The van der Waals surface area contributed by atoms with Gasteiger partial charge in [0.2, 0.25) is 0 Å². The molecule has 28 heavy (non-hydrogen) atoms. The maximum absolute atomic E-state index is 6.00. The highest BCUT2D eigenvalue weighted by Gasteiger charge is 2.13. The third kappa shape index (κ3) is 4.92. The number of ether oxygens (including phenoxy) is 1. The number of rotatable bonds is 7. The van der Waals surface area contributed by atoms with Gasteiger partial charge in [0.1, 0.15) is 5.75 Å². The van der Waals surface area contributed by atoms with Crippen molar-refractivity contribution in [2.45, 2.75) is 25.9 Å². The molecule has 3 nitrogen and oxygen atoms in total. The first-order valence-corrected chi connectivity index (χ1v) is 10.4. The van der Waals surface area contributed by atoms with Crippen LogP contribution in [0.5, 0.6) is 5.75 Å². The van der Waals surface area contributed by atoms with E-state index in [-0.39, 0.29) is 0 Å². The molecule has 1 saturated heterocycles. The first kappa shape index (κ1) is 19.0. The van der Waals surface area contributed by atoms with Gasteiger partial charge in [0, 0.05) is 25.6 Å². The number of benzene rings is 3. The first-order chi connectivity index (χ1) is 13.8. The predicted molar refractivity (Wildman–Crippen MR) is 117 cm³/mol. The molecule has 1 heterocycles. The van der Waals surface area contributed by atoms with Crippen LogP contribution < -0.4 is 10.1 Å². The van der Waals surface area contributed by atoms with Crippen LogP contribution in [-0.2, 0) is 13.1 Å². The summed E-state index contributed by atoms with van der Waals surface area (Å²) in [6, 6.07) is 23.8. The fourth-order valence-corrected chi connectivity index (χ4v) is 4.06. The van der Waals surface area contributed by atoms with Crippen LogP contribution in [0.2, 0.25) is 0 Å². The van der Waals surface area contributed by atoms with Gasteiger partial charge in [0.15, 0.2) is 0 Å². The summed E-state index contributed by atoms with van der Waals surface area (Å²) < 4.78 is 6.00. The molecule has 0 unspecified atom stereocenters. The third-order valence-corrected chi connectivity index (χ3v) is 5.58. The Bertz CT molecular complexity index is 879. The molecular weight excluding hydrogens is 344 g/mol. The number of fused-ring (bicyclic) bond motifs is 1. The van der Waals surface area contributed by atoms with Crippen LogP contribution in [0.15, 0.2) is 66.7 Å². The summed E-state index contributed by atoms with van der Waals surface area (Å²) in [5.41, 5.74) is 2.69. The van der Waals surface area contributed by atoms with Gasteiger partial charge in [-0.25, -0.2) is 0 Å². The second kappa shape index (κ2) is 9.22. The molecule has 0 amide bonds. The molecule has 0 saturated carbocycles. The van der Waals surface area contributed by atoms with Gasteiger partial charge in [0.05, 0.1) is 6.61 Å². The molecule has 0 aromatic heterocycles. The first-order valence-electron chi connectivity index (χ1n) is 10.4. The molecule has 1 fully saturated rings. The highest BCUT2D eigenvalue weighted by molar-refractivity contribution is 5.85. The van der Waals surface area contributed by atoms with E-state index in [9.17, 15) is 0 Å². The summed E-state index contributed by atoms with van der Waals surface area (Å²) in [7, 11) is 2.18. The zero-order chi connectivity index (χ0) is 19.2. The van der Waals surface area contributed by atoms with Crippen molar-refractivity contribution in [3.05, 3.63) is 77.9 Å². The molecule has 146 valence electrons. The smallest absolute Gasteiger partial charge is 0.119 e. The zero-order valence-electron chi connectivity index (χ0n) is 16.7. The molecular formula is C25H30N2O. The summed E-state index contributed by atoms with van der Waals surface area (Å²) >= 11 is 0. The highest BCUT2D eigenvalue weighted by atomic mass is 16.5. The van der Waals surface area contributed by atoms with Crippen LogP contribution in [0.1, 0.15) is 24.0 Å². The van der Waals surface area contributed by atoms with Crippen molar-refractivity contribution in [3.63, 3.8) is 0 Å². The van der Waals surface area contributed by atoms with E-state index in [0.29, 0.717) is 5.92 Å². The molecule has 3 heteroatoms. The van der Waals surface area contributed by atoms with Crippen LogP contribution >= 0.6 is 0 Å². The van der Waals surface area contributed by atoms with Gasteiger partial charge in [-0.1, -0.05) is 54.6 Å². The third-order valence-electron chi connectivity index (χ3n) is 5.58. The quantitative estimate of drug-likeness (QED) is 0.640. The van der Waals surface area contributed by atoms with Gasteiger partial charge >= 0.3 is 0 Å². The van der Waals surface area contributed by atoms with Crippen LogP contribution in [0.4, 0.5) is 0 Å². The minimum atomic E-state index is 0.639. The van der Waals surface area contributed by atoms with Gasteiger partial charge in [0.25, 0.3) is 0 Å². The molecule has 0 spiro atoms. The number of hydrogen-bond acceptors (Lipinski definition) is 3. The number of piperidine rings is 1. The van der Waals surface area contributed by atoms with E-state index in [4.69, 9.17) is 4.74 Å². The van der Waals surface area contributed by atoms with E-state index in [1.807, 2.05) is 0 Å². The zero-order valence-corrected chi connectivity index (χ0v) is 16.7. The average molecular weight is 375 g/mol. The lowest BCUT2D eigenvalue weighted by Crippen LogP contribution is -2.33. The van der Waals surface area contributed by atoms with Gasteiger partial charge in [-0.05, 0) is 60.5 Å². The van der Waals surface area contributed by atoms with Crippen LogP contribution in [0.3, 0.4) is 0 Å². The Hall–Kier alpha value is -2.36. The average Bonchev–Trinajstić information content (AvgIpc) is 2.74. The van der Waals surface area contributed by atoms with E-state index in [0.717, 1.165) is 38.5 Å². The molecule has 4 rings (SSSR count). The highest BCUT2D eigenvalue weighted by Crippen LogP contribution is 2.21. The van der Waals surface area contributed by atoms with Crippen molar-refractivity contribution < 1.29 is 4.74 Å². The Balaban J connectivity index is 1.32. The molecule has 3 aromatic carbocycles. The van der Waals surface area contributed by atoms with Crippen molar-refractivity contribution >= 4 is 10.8 Å². The molecule has 0 aliphatic carbocycles. The second-order valence-corrected chi connectivity index (χ2v) is 7.98. The lowest BCUT2D eigenvalue weighted by atomic mass is 10.0. The fraction of sp³-hybridized carbons (Fsp3) is 0.360. The second-order valence-electron chi connectivity index (χ2n) is 7.98. The van der Waals surface area contributed by atoms with E-state index >= 15 is 0 Å².